The Hall–Kier alpha value is -9.04. The minimum Gasteiger partial charge on any atom is -0.310 e. The fourth-order valence-corrected chi connectivity index (χ4v) is 11.2. The van der Waals surface area contributed by atoms with Gasteiger partial charge in [0.1, 0.15) is 0 Å². The maximum atomic E-state index is 2.40. The van der Waals surface area contributed by atoms with Gasteiger partial charge >= 0.3 is 0 Å². The fraction of sp³-hybridized carbons (Fsp3) is 0.0145. The second-order valence-electron chi connectivity index (χ2n) is 18.4. The average molecular weight is 890 g/mol. The third-order valence-electron chi connectivity index (χ3n) is 14.5. The molecule has 0 atom stereocenters. The van der Waals surface area contributed by atoms with E-state index in [9.17, 15) is 0 Å². The first kappa shape index (κ1) is 41.2. The molecule has 1 aliphatic rings. The number of rotatable bonds is 9. The Bertz CT molecular complexity index is 3810. The predicted molar refractivity (Wildman–Crippen MR) is 295 cm³/mol. The lowest BCUT2D eigenvalue weighted by molar-refractivity contribution is 0.768. The van der Waals surface area contributed by atoms with Gasteiger partial charge in [0.25, 0.3) is 0 Å². The molecule has 13 rings (SSSR count). The van der Waals surface area contributed by atoms with Crippen molar-refractivity contribution in [3.8, 4) is 55.6 Å². The van der Waals surface area contributed by atoms with Crippen molar-refractivity contribution in [3.63, 3.8) is 0 Å². The van der Waals surface area contributed by atoms with Crippen molar-refractivity contribution in [3.05, 3.63) is 307 Å². The number of benzene rings is 12. The molecule has 0 saturated carbocycles. The molecule has 0 fully saturated rings. The lowest BCUT2D eigenvalue weighted by Gasteiger charge is -2.34. The zero-order valence-electron chi connectivity index (χ0n) is 38.6. The number of fused-ring (bicyclic) bond motifs is 5. The zero-order valence-corrected chi connectivity index (χ0v) is 38.6. The average Bonchev–Trinajstić information content (AvgIpc) is 3.75. The van der Waals surface area contributed by atoms with Gasteiger partial charge in [-0.15, -0.1) is 0 Å². The summed E-state index contributed by atoms with van der Waals surface area (Å²) in [7, 11) is 0. The van der Waals surface area contributed by atoms with Crippen LogP contribution in [0.1, 0.15) is 22.3 Å². The van der Waals surface area contributed by atoms with Crippen LogP contribution >= 0.6 is 0 Å². The van der Waals surface area contributed by atoms with Crippen LogP contribution in [0.15, 0.2) is 285 Å². The minimum absolute atomic E-state index is 0.473. The lowest BCUT2D eigenvalue weighted by atomic mass is 9.67. The number of hydrogen-bond donors (Lipinski definition) is 0. The van der Waals surface area contributed by atoms with E-state index in [1.807, 2.05) is 0 Å². The van der Waals surface area contributed by atoms with Crippen LogP contribution in [0, 0.1) is 0 Å². The summed E-state index contributed by atoms with van der Waals surface area (Å²) < 4.78 is 0. The van der Waals surface area contributed by atoms with E-state index in [4.69, 9.17) is 0 Å². The van der Waals surface area contributed by atoms with Gasteiger partial charge in [-0.1, -0.05) is 237 Å². The van der Waals surface area contributed by atoms with E-state index in [-0.39, 0.29) is 0 Å². The van der Waals surface area contributed by atoms with Crippen LogP contribution in [0.5, 0.6) is 0 Å². The normalized spacial score (nSPS) is 12.4. The van der Waals surface area contributed by atoms with Gasteiger partial charge in [0.2, 0.25) is 0 Å². The maximum Gasteiger partial charge on any atom is 0.0713 e. The molecule has 0 spiro atoms. The number of hydrogen-bond acceptors (Lipinski definition) is 1. The molecule has 1 aliphatic carbocycles. The Morgan fingerprint density at radius 3 is 1.20 bits per heavy atom. The van der Waals surface area contributed by atoms with E-state index >= 15 is 0 Å². The van der Waals surface area contributed by atoms with Crippen molar-refractivity contribution in [1.29, 1.82) is 0 Å². The molecule has 0 aromatic heterocycles. The number of nitrogens with zero attached hydrogens (tertiary/aromatic N) is 1. The van der Waals surface area contributed by atoms with Crippen molar-refractivity contribution >= 4 is 38.6 Å². The maximum absolute atomic E-state index is 2.40. The van der Waals surface area contributed by atoms with Gasteiger partial charge in [0.05, 0.1) is 5.41 Å². The second-order valence-corrected chi connectivity index (χ2v) is 18.4. The fourth-order valence-electron chi connectivity index (χ4n) is 11.2. The summed E-state index contributed by atoms with van der Waals surface area (Å²) in [4.78, 5) is 2.40. The minimum atomic E-state index is -0.473. The highest BCUT2D eigenvalue weighted by atomic mass is 15.1. The molecule has 0 radical (unpaired) electrons. The zero-order chi connectivity index (χ0) is 46.4. The smallest absolute Gasteiger partial charge is 0.0713 e. The molecule has 0 amide bonds. The quantitative estimate of drug-likeness (QED) is 0.140. The van der Waals surface area contributed by atoms with Gasteiger partial charge < -0.3 is 4.90 Å². The molecule has 0 heterocycles. The molecule has 1 nitrogen and oxygen atoms in total. The van der Waals surface area contributed by atoms with Crippen molar-refractivity contribution < 1.29 is 0 Å². The lowest BCUT2D eigenvalue weighted by Crippen LogP contribution is -2.28. The molecule has 12 aromatic rings. The molecule has 328 valence electrons. The largest absolute Gasteiger partial charge is 0.310 e. The summed E-state index contributed by atoms with van der Waals surface area (Å²) in [6.45, 7) is 0. The molecule has 0 unspecified atom stereocenters. The Labute approximate surface area is 409 Å². The van der Waals surface area contributed by atoms with Crippen LogP contribution in [0.25, 0.3) is 77.2 Å². The van der Waals surface area contributed by atoms with Gasteiger partial charge in [-0.05, 0) is 148 Å². The van der Waals surface area contributed by atoms with Crippen LogP contribution in [0.4, 0.5) is 17.1 Å². The van der Waals surface area contributed by atoms with E-state index in [2.05, 4.69) is 290 Å². The molecule has 0 N–H and O–H groups in total. The van der Waals surface area contributed by atoms with Crippen LogP contribution in [0.2, 0.25) is 0 Å². The molecule has 12 aromatic carbocycles. The van der Waals surface area contributed by atoms with Gasteiger partial charge in [-0.25, -0.2) is 0 Å². The van der Waals surface area contributed by atoms with E-state index < -0.39 is 5.41 Å². The standard InChI is InChI=1S/C69H47N/c1-3-20-59(21-4-1)69(60-22-5-2-6-23-60)66-27-12-11-25-65(66)68-64(26-14-28-67(68)69)58-19-13-24-63(47-58)70(62-43-39-53(40-44-62)57-36-34-49-16-8-10-18-55(49)46-57)61-41-37-51(38-42-61)50-29-31-52(32-30-50)56-35-33-48-15-7-9-17-54(48)45-56/h1-47H. The summed E-state index contributed by atoms with van der Waals surface area (Å²) >= 11 is 0. The molecule has 0 saturated heterocycles. The van der Waals surface area contributed by atoms with Crippen molar-refractivity contribution in [2.45, 2.75) is 5.41 Å². The topological polar surface area (TPSA) is 3.24 Å². The monoisotopic (exact) mass is 889 g/mol. The third-order valence-corrected chi connectivity index (χ3v) is 14.5. The third kappa shape index (κ3) is 7.02. The molecular weight excluding hydrogens is 843 g/mol. The van der Waals surface area contributed by atoms with Gasteiger partial charge in [0.15, 0.2) is 0 Å². The van der Waals surface area contributed by atoms with Gasteiger partial charge in [0, 0.05) is 17.1 Å². The van der Waals surface area contributed by atoms with Crippen LogP contribution < -0.4 is 4.90 Å². The first-order chi connectivity index (χ1) is 34.7. The van der Waals surface area contributed by atoms with Crippen LogP contribution in [-0.2, 0) is 5.41 Å². The first-order valence-electron chi connectivity index (χ1n) is 24.2. The van der Waals surface area contributed by atoms with Gasteiger partial charge in [-0.3, -0.25) is 0 Å². The van der Waals surface area contributed by atoms with E-state index in [0.717, 1.165) is 17.1 Å². The molecular formula is C69H47N. The molecule has 0 aliphatic heterocycles. The number of anilines is 3. The summed E-state index contributed by atoms with van der Waals surface area (Å²) in [5, 5.41) is 5.00. The van der Waals surface area contributed by atoms with Crippen molar-refractivity contribution in [1.82, 2.24) is 0 Å². The van der Waals surface area contributed by atoms with Crippen LogP contribution in [-0.4, -0.2) is 0 Å². The highest BCUT2D eigenvalue weighted by Gasteiger charge is 2.46. The van der Waals surface area contributed by atoms with E-state index in [0.29, 0.717) is 0 Å². The van der Waals surface area contributed by atoms with Crippen LogP contribution in [0.3, 0.4) is 0 Å². The second kappa shape index (κ2) is 17.2. The molecule has 0 bridgehead atoms. The predicted octanol–water partition coefficient (Wildman–Crippen LogP) is 18.5. The Morgan fingerprint density at radius 2 is 0.643 bits per heavy atom. The summed E-state index contributed by atoms with van der Waals surface area (Å²) in [5.41, 5.74) is 20.0. The van der Waals surface area contributed by atoms with E-state index in [1.54, 1.807) is 0 Å². The SMILES string of the molecule is c1ccc(C2(c3ccccc3)c3ccccc3-c3c(-c4cccc(N(c5ccc(-c6ccc(-c7ccc8ccccc8c7)cc6)cc5)c5ccc(-c6ccc7ccccc7c6)cc5)c4)cccc32)cc1. The summed E-state index contributed by atoms with van der Waals surface area (Å²) in [6.07, 6.45) is 0. The Balaban J connectivity index is 0.913. The molecule has 70 heavy (non-hydrogen) atoms. The Morgan fingerprint density at radius 1 is 0.229 bits per heavy atom. The van der Waals surface area contributed by atoms with Crippen molar-refractivity contribution in [2.75, 3.05) is 4.90 Å². The Kier molecular flexibility index (Phi) is 10.1. The first-order valence-corrected chi connectivity index (χ1v) is 24.2. The molecule has 1 heteroatoms. The van der Waals surface area contributed by atoms with Gasteiger partial charge in [-0.2, -0.15) is 0 Å². The van der Waals surface area contributed by atoms with E-state index in [1.165, 1.54) is 99.4 Å². The highest BCUT2D eigenvalue weighted by Crippen LogP contribution is 2.58. The highest BCUT2D eigenvalue weighted by molar-refractivity contribution is 5.97. The summed E-state index contributed by atoms with van der Waals surface area (Å²) in [5.74, 6) is 0. The summed E-state index contributed by atoms with van der Waals surface area (Å²) in [6, 6.07) is 105. The van der Waals surface area contributed by atoms with Crippen molar-refractivity contribution in [2.24, 2.45) is 0 Å².